The number of benzene rings is 3. The monoisotopic (exact) mass is 479 g/mol. The van der Waals surface area contributed by atoms with E-state index in [1.165, 1.54) is 0 Å². The summed E-state index contributed by atoms with van der Waals surface area (Å²) in [6, 6.07) is 29.2. The van der Waals surface area contributed by atoms with Gasteiger partial charge in [0.15, 0.2) is 5.69 Å². The second-order valence-corrected chi connectivity index (χ2v) is 9.03. The Morgan fingerprint density at radius 3 is 2.28 bits per heavy atom. The fourth-order valence-electron chi connectivity index (χ4n) is 4.36. The molecule has 1 N–H and O–H groups in total. The molecule has 1 saturated carbocycles. The van der Waals surface area contributed by atoms with E-state index in [9.17, 15) is 9.59 Å². The maximum Gasteiger partial charge on any atom is 0.358 e. The largest absolute Gasteiger partial charge is 0.461 e. The van der Waals surface area contributed by atoms with Crippen molar-refractivity contribution in [3.63, 3.8) is 0 Å². The van der Waals surface area contributed by atoms with Gasteiger partial charge >= 0.3 is 5.97 Å². The topological polar surface area (TPSA) is 73.2 Å². The van der Waals surface area contributed by atoms with Crippen LogP contribution in [0.3, 0.4) is 0 Å². The molecule has 36 heavy (non-hydrogen) atoms. The van der Waals surface area contributed by atoms with Crippen molar-refractivity contribution < 1.29 is 14.3 Å². The Morgan fingerprint density at radius 1 is 0.972 bits per heavy atom. The minimum atomic E-state index is -0.417. The van der Waals surface area contributed by atoms with Crippen LogP contribution in [0.15, 0.2) is 91.0 Å². The Kier molecular flexibility index (Phi) is 6.94. The first kappa shape index (κ1) is 23.5. The van der Waals surface area contributed by atoms with Gasteiger partial charge in [-0.1, -0.05) is 60.7 Å². The van der Waals surface area contributed by atoms with Crippen LogP contribution in [-0.4, -0.2) is 28.3 Å². The lowest BCUT2D eigenvalue weighted by atomic mass is 9.98. The summed E-state index contributed by atoms with van der Waals surface area (Å²) < 4.78 is 6.93. The normalized spacial score (nSPS) is 13.7. The first-order valence-electron chi connectivity index (χ1n) is 12.4. The highest BCUT2D eigenvalue weighted by atomic mass is 16.5. The lowest BCUT2D eigenvalue weighted by molar-refractivity contribution is 0.0518. The van der Waals surface area contributed by atoms with E-state index in [-0.39, 0.29) is 11.9 Å². The molecule has 1 aliphatic carbocycles. The molecule has 1 atom stereocenters. The van der Waals surface area contributed by atoms with Crippen LogP contribution in [0.2, 0.25) is 0 Å². The predicted octanol–water partition coefficient (Wildman–Crippen LogP) is 5.64. The zero-order valence-electron chi connectivity index (χ0n) is 20.3. The Morgan fingerprint density at radius 2 is 1.64 bits per heavy atom. The van der Waals surface area contributed by atoms with Gasteiger partial charge in [0.05, 0.1) is 18.3 Å². The van der Waals surface area contributed by atoms with Gasteiger partial charge in [0.1, 0.15) is 0 Å². The minimum absolute atomic E-state index is 0.138. The second kappa shape index (κ2) is 10.6. The average Bonchev–Trinajstić information content (AvgIpc) is 3.67. The van der Waals surface area contributed by atoms with Crippen molar-refractivity contribution >= 4 is 11.9 Å². The van der Waals surface area contributed by atoms with Crippen LogP contribution in [0.5, 0.6) is 0 Å². The van der Waals surface area contributed by atoms with Crippen LogP contribution in [0, 0.1) is 0 Å². The molecule has 1 aliphatic rings. The highest BCUT2D eigenvalue weighted by Crippen LogP contribution is 2.41. The standard InChI is InChI=1S/C30H29N3O3/c1-2-36-30(35)27-20-28(23-13-14-23)33(32-27)25-17-15-24(16-18-25)29(34)31-26(22-11-7-4-8-12-22)19-21-9-5-3-6-10-21/h3-12,15-18,20,23,26H,2,13-14,19H2,1H3,(H,31,34). The number of esters is 1. The molecule has 6 nitrogen and oxygen atoms in total. The maximum atomic E-state index is 13.2. The van der Waals surface area contributed by atoms with Crippen LogP contribution in [0.4, 0.5) is 0 Å². The molecule has 0 aliphatic heterocycles. The SMILES string of the molecule is CCOC(=O)c1cc(C2CC2)n(-c2ccc(C(=O)NC(Cc3ccccc3)c3ccccc3)cc2)n1. The molecule has 1 heterocycles. The Balaban J connectivity index is 1.36. The van der Waals surface area contributed by atoms with Gasteiger partial charge < -0.3 is 10.1 Å². The summed E-state index contributed by atoms with van der Waals surface area (Å²) in [6.45, 7) is 2.09. The van der Waals surface area contributed by atoms with Crippen molar-refractivity contribution in [2.75, 3.05) is 6.61 Å². The number of hydrogen-bond donors (Lipinski definition) is 1. The molecule has 0 radical (unpaired) electrons. The molecule has 3 aromatic carbocycles. The number of ether oxygens (including phenoxy) is 1. The third-order valence-corrected chi connectivity index (χ3v) is 6.38. The van der Waals surface area contributed by atoms with Gasteiger partial charge in [0.25, 0.3) is 5.91 Å². The summed E-state index contributed by atoms with van der Waals surface area (Å²) in [5.74, 6) is -0.158. The molecule has 0 spiro atoms. The zero-order chi connectivity index (χ0) is 24.9. The fraction of sp³-hybridized carbons (Fsp3) is 0.233. The van der Waals surface area contributed by atoms with Crippen LogP contribution < -0.4 is 5.32 Å². The van der Waals surface area contributed by atoms with Gasteiger partial charge in [0, 0.05) is 17.2 Å². The Hall–Kier alpha value is -4.19. The smallest absolute Gasteiger partial charge is 0.358 e. The average molecular weight is 480 g/mol. The fourth-order valence-corrected chi connectivity index (χ4v) is 4.36. The van der Waals surface area contributed by atoms with Crippen molar-refractivity contribution in [3.8, 4) is 5.69 Å². The molecule has 5 rings (SSSR count). The number of carbonyl (C=O) groups excluding carboxylic acids is 2. The highest BCUT2D eigenvalue weighted by Gasteiger charge is 2.30. The summed E-state index contributed by atoms with van der Waals surface area (Å²) in [4.78, 5) is 25.4. The molecule has 1 unspecified atom stereocenters. The molecule has 1 aromatic heterocycles. The first-order chi connectivity index (χ1) is 17.6. The van der Waals surface area contributed by atoms with E-state index in [0.717, 1.165) is 35.3 Å². The summed E-state index contributed by atoms with van der Waals surface area (Å²) in [6.07, 6.45) is 2.86. The molecule has 1 amide bonds. The van der Waals surface area contributed by atoms with Gasteiger partial charge in [-0.25, -0.2) is 9.48 Å². The van der Waals surface area contributed by atoms with E-state index < -0.39 is 5.97 Å². The Labute approximate surface area is 210 Å². The van der Waals surface area contributed by atoms with Crippen LogP contribution in [0.1, 0.15) is 69.4 Å². The number of aromatic nitrogens is 2. The zero-order valence-corrected chi connectivity index (χ0v) is 20.3. The molecule has 0 saturated heterocycles. The Bertz CT molecular complexity index is 1330. The van der Waals surface area contributed by atoms with E-state index in [1.807, 2.05) is 66.7 Å². The number of rotatable bonds is 9. The van der Waals surface area contributed by atoms with E-state index >= 15 is 0 Å². The molecule has 1 fully saturated rings. The van der Waals surface area contributed by atoms with E-state index in [1.54, 1.807) is 23.7 Å². The number of carbonyl (C=O) groups is 2. The number of nitrogens with zero attached hydrogens (tertiary/aromatic N) is 2. The summed E-state index contributed by atoms with van der Waals surface area (Å²) >= 11 is 0. The molecule has 182 valence electrons. The summed E-state index contributed by atoms with van der Waals surface area (Å²) in [5.41, 5.74) is 4.91. The van der Waals surface area contributed by atoms with Gasteiger partial charge in [0.2, 0.25) is 0 Å². The van der Waals surface area contributed by atoms with Crippen molar-refractivity contribution in [3.05, 3.63) is 119 Å². The van der Waals surface area contributed by atoms with E-state index in [4.69, 9.17) is 4.74 Å². The van der Waals surface area contributed by atoms with Crippen LogP contribution >= 0.6 is 0 Å². The molecule has 4 aromatic rings. The van der Waals surface area contributed by atoms with Gasteiger partial charge in [-0.15, -0.1) is 0 Å². The van der Waals surface area contributed by atoms with Gasteiger partial charge in [-0.2, -0.15) is 5.10 Å². The van der Waals surface area contributed by atoms with Crippen molar-refractivity contribution in [1.29, 1.82) is 0 Å². The van der Waals surface area contributed by atoms with E-state index in [2.05, 4.69) is 22.5 Å². The number of nitrogens with one attached hydrogen (secondary N) is 1. The van der Waals surface area contributed by atoms with E-state index in [0.29, 0.717) is 30.2 Å². The summed E-state index contributed by atoms with van der Waals surface area (Å²) in [7, 11) is 0. The minimum Gasteiger partial charge on any atom is -0.461 e. The first-order valence-corrected chi connectivity index (χ1v) is 12.4. The van der Waals surface area contributed by atoms with Crippen LogP contribution in [0.25, 0.3) is 5.69 Å². The predicted molar refractivity (Wildman–Crippen MR) is 138 cm³/mol. The third-order valence-electron chi connectivity index (χ3n) is 6.38. The van der Waals surface area contributed by atoms with Crippen molar-refractivity contribution in [2.24, 2.45) is 0 Å². The lowest BCUT2D eigenvalue weighted by Crippen LogP contribution is -2.30. The quantitative estimate of drug-likeness (QED) is 0.315. The maximum absolute atomic E-state index is 13.2. The molecular formula is C30H29N3O3. The molecule has 6 heteroatoms. The van der Waals surface area contributed by atoms with Crippen molar-refractivity contribution in [2.45, 2.75) is 38.1 Å². The molecule has 0 bridgehead atoms. The number of amides is 1. The number of hydrogen-bond acceptors (Lipinski definition) is 4. The highest BCUT2D eigenvalue weighted by molar-refractivity contribution is 5.94. The lowest BCUT2D eigenvalue weighted by Gasteiger charge is -2.20. The van der Waals surface area contributed by atoms with Gasteiger partial charge in [-0.05, 0) is 67.6 Å². The molecular weight excluding hydrogens is 450 g/mol. The second-order valence-electron chi connectivity index (χ2n) is 9.03. The van der Waals surface area contributed by atoms with Crippen LogP contribution in [-0.2, 0) is 11.2 Å². The van der Waals surface area contributed by atoms with Crippen molar-refractivity contribution in [1.82, 2.24) is 15.1 Å². The summed E-state index contributed by atoms with van der Waals surface area (Å²) in [5, 5.41) is 7.72. The third kappa shape index (κ3) is 5.38. The van der Waals surface area contributed by atoms with Gasteiger partial charge in [-0.3, -0.25) is 4.79 Å².